The number of hydrogen-bond acceptors (Lipinski definition) is 3. The highest BCUT2D eigenvalue weighted by Gasteiger charge is 2.18. The number of para-hydroxylation sites is 1. The summed E-state index contributed by atoms with van der Waals surface area (Å²) in [5.74, 6) is 0.784. The van der Waals surface area contributed by atoms with E-state index in [9.17, 15) is 9.59 Å². The SMILES string of the molecule is CCC(C)c1ccccc1OC(C)C(=O)Nc1ccc(C(=O)N(C)C)cc1. The van der Waals surface area contributed by atoms with E-state index in [1.165, 1.54) is 4.90 Å². The van der Waals surface area contributed by atoms with Crippen LogP contribution >= 0.6 is 0 Å². The van der Waals surface area contributed by atoms with Crippen molar-refractivity contribution < 1.29 is 14.3 Å². The minimum Gasteiger partial charge on any atom is -0.481 e. The Morgan fingerprint density at radius 3 is 2.26 bits per heavy atom. The van der Waals surface area contributed by atoms with Gasteiger partial charge in [-0.1, -0.05) is 32.0 Å². The summed E-state index contributed by atoms with van der Waals surface area (Å²) < 4.78 is 5.92. The van der Waals surface area contributed by atoms with Gasteiger partial charge >= 0.3 is 0 Å². The molecule has 2 atom stereocenters. The summed E-state index contributed by atoms with van der Waals surface area (Å²) in [5, 5.41) is 2.83. The second-order valence-corrected chi connectivity index (χ2v) is 6.87. The molecule has 0 aliphatic rings. The minimum atomic E-state index is -0.640. The number of carbonyl (C=O) groups is 2. The number of hydrogen-bond donors (Lipinski definition) is 1. The van der Waals surface area contributed by atoms with Gasteiger partial charge in [-0.3, -0.25) is 9.59 Å². The third-order valence-electron chi connectivity index (χ3n) is 4.54. The molecule has 5 nitrogen and oxygen atoms in total. The lowest BCUT2D eigenvalue weighted by molar-refractivity contribution is -0.122. The van der Waals surface area contributed by atoms with Gasteiger partial charge in [0, 0.05) is 25.3 Å². The maximum absolute atomic E-state index is 12.5. The minimum absolute atomic E-state index is 0.0776. The van der Waals surface area contributed by atoms with Gasteiger partial charge in [-0.05, 0) is 55.2 Å². The van der Waals surface area contributed by atoms with Gasteiger partial charge in [0.25, 0.3) is 11.8 Å². The van der Waals surface area contributed by atoms with E-state index in [2.05, 4.69) is 19.2 Å². The van der Waals surface area contributed by atoms with Crippen LogP contribution in [-0.4, -0.2) is 36.9 Å². The molecule has 2 aromatic rings. The first-order valence-electron chi connectivity index (χ1n) is 9.21. The summed E-state index contributed by atoms with van der Waals surface area (Å²) in [7, 11) is 3.41. The Balaban J connectivity index is 2.03. The molecule has 144 valence electrons. The molecular formula is C22H28N2O3. The molecule has 2 aromatic carbocycles. The fraction of sp³-hybridized carbons (Fsp3) is 0.364. The quantitative estimate of drug-likeness (QED) is 0.792. The topological polar surface area (TPSA) is 58.6 Å². The summed E-state index contributed by atoms with van der Waals surface area (Å²) in [6.45, 7) is 6.00. The van der Waals surface area contributed by atoms with Gasteiger partial charge in [0.1, 0.15) is 5.75 Å². The summed E-state index contributed by atoms with van der Waals surface area (Å²) in [6.07, 6.45) is 0.359. The first-order chi connectivity index (χ1) is 12.8. The third kappa shape index (κ3) is 5.33. The van der Waals surface area contributed by atoms with Crippen molar-refractivity contribution in [2.24, 2.45) is 0 Å². The molecule has 2 amide bonds. The lowest BCUT2D eigenvalue weighted by Crippen LogP contribution is -2.30. The molecule has 0 bridgehead atoms. The van der Waals surface area contributed by atoms with Crippen molar-refractivity contribution in [2.45, 2.75) is 39.2 Å². The zero-order valence-electron chi connectivity index (χ0n) is 16.7. The highest BCUT2D eigenvalue weighted by atomic mass is 16.5. The highest BCUT2D eigenvalue weighted by molar-refractivity contribution is 5.96. The highest BCUT2D eigenvalue weighted by Crippen LogP contribution is 2.29. The van der Waals surface area contributed by atoms with E-state index in [1.54, 1.807) is 45.3 Å². The van der Waals surface area contributed by atoms with E-state index in [-0.39, 0.29) is 11.8 Å². The molecule has 2 unspecified atom stereocenters. The molecule has 0 fully saturated rings. The smallest absolute Gasteiger partial charge is 0.265 e. The van der Waals surface area contributed by atoms with E-state index in [0.717, 1.165) is 17.7 Å². The van der Waals surface area contributed by atoms with Crippen LogP contribution in [0.15, 0.2) is 48.5 Å². The van der Waals surface area contributed by atoms with Crippen LogP contribution < -0.4 is 10.1 Å². The van der Waals surface area contributed by atoms with E-state index in [1.807, 2.05) is 24.3 Å². The van der Waals surface area contributed by atoms with Gasteiger partial charge in [-0.15, -0.1) is 0 Å². The standard InChI is InChI=1S/C22H28N2O3/c1-6-15(2)19-9-7-8-10-20(19)27-16(3)21(25)23-18-13-11-17(12-14-18)22(26)24(4)5/h7-16H,6H2,1-5H3,(H,23,25). The molecule has 0 heterocycles. The summed E-state index contributed by atoms with van der Waals surface area (Å²) in [4.78, 5) is 25.9. The van der Waals surface area contributed by atoms with Crippen molar-refractivity contribution in [2.75, 3.05) is 19.4 Å². The lowest BCUT2D eigenvalue weighted by Gasteiger charge is -2.19. The van der Waals surface area contributed by atoms with Crippen LogP contribution in [0, 0.1) is 0 Å². The van der Waals surface area contributed by atoms with Crippen LogP contribution in [0.1, 0.15) is 49.0 Å². The molecule has 0 saturated heterocycles. The van der Waals surface area contributed by atoms with Crippen molar-refractivity contribution in [1.82, 2.24) is 4.90 Å². The van der Waals surface area contributed by atoms with E-state index < -0.39 is 6.10 Å². The van der Waals surface area contributed by atoms with Crippen LogP contribution in [0.3, 0.4) is 0 Å². The van der Waals surface area contributed by atoms with Crippen LogP contribution in [0.2, 0.25) is 0 Å². The van der Waals surface area contributed by atoms with E-state index in [0.29, 0.717) is 17.2 Å². The molecule has 27 heavy (non-hydrogen) atoms. The van der Waals surface area contributed by atoms with Crippen LogP contribution in [0.5, 0.6) is 5.75 Å². The number of rotatable bonds is 7. The first-order valence-corrected chi connectivity index (χ1v) is 9.21. The van der Waals surface area contributed by atoms with Crippen molar-refractivity contribution in [3.8, 4) is 5.75 Å². The molecule has 0 aliphatic heterocycles. The second-order valence-electron chi connectivity index (χ2n) is 6.87. The fourth-order valence-electron chi connectivity index (χ4n) is 2.66. The molecule has 2 rings (SSSR count). The molecule has 0 saturated carbocycles. The van der Waals surface area contributed by atoms with Crippen molar-refractivity contribution in [3.05, 3.63) is 59.7 Å². The molecule has 1 N–H and O–H groups in total. The lowest BCUT2D eigenvalue weighted by atomic mass is 9.98. The fourth-order valence-corrected chi connectivity index (χ4v) is 2.66. The Labute approximate surface area is 161 Å². The Bertz CT molecular complexity index is 784. The van der Waals surface area contributed by atoms with Crippen LogP contribution in [-0.2, 0) is 4.79 Å². The predicted molar refractivity (Wildman–Crippen MR) is 108 cm³/mol. The Morgan fingerprint density at radius 2 is 1.67 bits per heavy atom. The first kappa shape index (κ1) is 20.5. The van der Waals surface area contributed by atoms with Gasteiger partial charge in [0.2, 0.25) is 0 Å². The second kappa shape index (κ2) is 9.21. The molecule has 0 radical (unpaired) electrons. The maximum atomic E-state index is 12.5. The van der Waals surface area contributed by atoms with E-state index >= 15 is 0 Å². The maximum Gasteiger partial charge on any atom is 0.265 e. The number of anilines is 1. The number of nitrogens with zero attached hydrogens (tertiary/aromatic N) is 1. The third-order valence-corrected chi connectivity index (χ3v) is 4.54. The van der Waals surface area contributed by atoms with Crippen molar-refractivity contribution in [1.29, 1.82) is 0 Å². The zero-order valence-corrected chi connectivity index (χ0v) is 16.7. The van der Waals surface area contributed by atoms with Gasteiger partial charge in [0.15, 0.2) is 6.10 Å². The summed E-state index contributed by atoms with van der Waals surface area (Å²) in [6, 6.07) is 14.6. The Morgan fingerprint density at radius 1 is 1.04 bits per heavy atom. The number of ether oxygens (including phenoxy) is 1. The number of carbonyl (C=O) groups excluding carboxylic acids is 2. The normalized spacial score (nSPS) is 12.8. The molecular weight excluding hydrogens is 340 g/mol. The number of nitrogens with one attached hydrogen (secondary N) is 1. The van der Waals surface area contributed by atoms with Crippen molar-refractivity contribution in [3.63, 3.8) is 0 Å². The molecule has 0 aliphatic carbocycles. The summed E-state index contributed by atoms with van der Waals surface area (Å²) in [5.41, 5.74) is 2.30. The van der Waals surface area contributed by atoms with Crippen molar-refractivity contribution >= 4 is 17.5 Å². The zero-order chi connectivity index (χ0) is 20.0. The van der Waals surface area contributed by atoms with Crippen LogP contribution in [0.25, 0.3) is 0 Å². The van der Waals surface area contributed by atoms with Crippen LogP contribution in [0.4, 0.5) is 5.69 Å². The molecule has 0 aromatic heterocycles. The average molecular weight is 368 g/mol. The molecule has 5 heteroatoms. The summed E-state index contributed by atoms with van der Waals surface area (Å²) >= 11 is 0. The van der Waals surface area contributed by atoms with E-state index in [4.69, 9.17) is 4.74 Å². The van der Waals surface area contributed by atoms with Gasteiger partial charge < -0.3 is 15.0 Å². The van der Waals surface area contributed by atoms with Gasteiger partial charge in [-0.25, -0.2) is 0 Å². The monoisotopic (exact) mass is 368 g/mol. The number of amides is 2. The predicted octanol–water partition coefficient (Wildman–Crippen LogP) is 4.31. The Kier molecular flexibility index (Phi) is 6.99. The van der Waals surface area contributed by atoms with Gasteiger partial charge in [0.05, 0.1) is 0 Å². The molecule has 0 spiro atoms. The Hall–Kier alpha value is -2.82. The van der Waals surface area contributed by atoms with Gasteiger partial charge in [-0.2, -0.15) is 0 Å². The largest absolute Gasteiger partial charge is 0.481 e. The average Bonchev–Trinajstić information content (AvgIpc) is 2.67. The number of benzene rings is 2.